The average Bonchev–Trinajstić information content (AvgIpc) is 2.25. The molecule has 0 aliphatic rings. The van der Waals surface area contributed by atoms with Crippen molar-refractivity contribution >= 4 is 11.9 Å². The molecule has 0 aliphatic carbocycles. The van der Waals surface area contributed by atoms with Crippen molar-refractivity contribution in [2.45, 2.75) is 26.2 Å². The topological polar surface area (TPSA) is 61.8 Å². The predicted octanol–water partition coefficient (Wildman–Crippen LogP) is 1.85. The Morgan fingerprint density at radius 2 is 2.00 bits per heavy atom. The molecule has 0 radical (unpaired) electrons. The van der Waals surface area contributed by atoms with E-state index in [0.29, 0.717) is 6.42 Å². The van der Waals surface area contributed by atoms with E-state index in [-0.39, 0.29) is 5.57 Å². The molecule has 5 heteroatoms. The summed E-state index contributed by atoms with van der Waals surface area (Å²) in [6, 6.07) is 0. The lowest BCUT2D eigenvalue weighted by Crippen LogP contribution is -2.10. The molecule has 15 heavy (non-hydrogen) atoms. The Morgan fingerprint density at radius 1 is 1.33 bits per heavy atom. The molecule has 84 valence electrons. The first-order valence-electron chi connectivity index (χ1n) is 4.51. The maximum atomic E-state index is 11.1. The van der Waals surface area contributed by atoms with Gasteiger partial charge in [0.25, 0.3) is 0 Å². The SMILES string of the molecule is C=CC(=O)OOOC(=O)C(=C)CCCC. The van der Waals surface area contributed by atoms with E-state index in [1.807, 2.05) is 6.92 Å². The molecule has 0 rings (SSSR count). The Hall–Kier alpha value is -1.62. The Kier molecular flexibility index (Phi) is 6.92. The van der Waals surface area contributed by atoms with Gasteiger partial charge in [0.1, 0.15) is 0 Å². The van der Waals surface area contributed by atoms with Crippen LogP contribution < -0.4 is 0 Å². The van der Waals surface area contributed by atoms with E-state index in [0.717, 1.165) is 18.9 Å². The van der Waals surface area contributed by atoms with Crippen molar-refractivity contribution < 1.29 is 24.4 Å². The first-order valence-corrected chi connectivity index (χ1v) is 4.51. The minimum absolute atomic E-state index is 0.270. The summed E-state index contributed by atoms with van der Waals surface area (Å²) >= 11 is 0. The smallest absolute Gasteiger partial charge is 0.255 e. The molecule has 0 unspecified atom stereocenters. The van der Waals surface area contributed by atoms with Crippen molar-refractivity contribution in [2.75, 3.05) is 0 Å². The molecule has 0 aliphatic heterocycles. The number of carbonyl (C=O) groups excluding carboxylic acids is 2. The van der Waals surface area contributed by atoms with Gasteiger partial charge in [-0.05, 0) is 12.8 Å². The van der Waals surface area contributed by atoms with Crippen LogP contribution >= 0.6 is 0 Å². The van der Waals surface area contributed by atoms with Gasteiger partial charge in [-0.2, -0.15) is 0 Å². The Labute approximate surface area is 88.2 Å². The van der Waals surface area contributed by atoms with Gasteiger partial charge in [-0.25, -0.2) is 9.59 Å². The van der Waals surface area contributed by atoms with Crippen molar-refractivity contribution in [3.05, 3.63) is 24.8 Å². The molecule has 0 aromatic heterocycles. The zero-order chi connectivity index (χ0) is 11.7. The van der Waals surface area contributed by atoms with Gasteiger partial charge in [0, 0.05) is 16.7 Å². The lowest BCUT2D eigenvalue weighted by Gasteiger charge is -2.02. The zero-order valence-electron chi connectivity index (χ0n) is 8.65. The number of hydrogen-bond acceptors (Lipinski definition) is 5. The van der Waals surface area contributed by atoms with E-state index >= 15 is 0 Å². The second kappa shape index (κ2) is 7.75. The van der Waals surface area contributed by atoms with Crippen LogP contribution in [0.1, 0.15) is 26.2 Å². The van der Waals surface area contributed by atoms with Gasteiger partial charge >= 0.3 is 11.9 Å². The van der Waals surface area contributed by atoms with Crippen LogP contribution in [0.5, 0.6) is 0 Å². The minimum Gasteiger partial charge on any atom is -0.255 e. The largest absolute Gasteiger partial charge is 0.372 e. The van der Waals surface area contributed by atoms with Crippen LogP contribution in [-0.2, 0) is 24.4 Å². The highest BCUT2D eigenvalue weighted by molar-refractivity contribution is 5.87. The molecule has 0 N–H and O–H groups in total. The summed E-state index contributed by atoms with van der Waals surface area (Å²) in [6.45, 7) is 8.60. The van der Waals surface area contributed by atoms with Crippen LogP contribution in [0.15, 0.2) is 24.8 Å². The fourth-order valence-corrected chi connectivity index (χ4v) is 0.667. The molecule has 0 heterocycles. The standard InChI is InChI=1S/C10H14O5/c1-4-6-7-8(3)10(12)14-15-13-9(11)5-2/h5H,2-4,6-7H2,1H3. The summed E-state index contributed by atoms with van der Waals surface area (Å²) in [5.41, 5.74) is 0.270. The Bertz CT molecular complexity index is 257. The Morgan fingerprint density at radius 3 is 2.53 bits per heavy atom. The number of unbranched alkanes of at least 4 members (excludes halogenated alkanes) is 1. The van der Waals surface area contributed by atoms with Gasteiger partial charge in [-0.15, -0.1) is 0 Å². The molecule has 0 saturated carbocycles. The monoisotopic (exact) mass is 214 g/mol. The average molecular weight is 214 g/mol. The molecule has 0 amide bonds. The quantitative estimate of drug-likeness (QED) is 0.367. The lowest BCUT2D eigenvalue weighted by atomic mass is 10.1. The van der Waals surface area contributed by atoms with Crippen LogP contribution in [0.4, 0.5) is 0 Å². The molecule has 0 atom stereocenters. The van der Waals surface area contributed by atoms with Crippen molar-refractivity contribution in [2.24, 2.45) is 0 Å². The van der Waals surface area contributed by atoms with E-state index < -0.39 is 11.9 Å². The van der Waals surface area contributed by atoms with Gasteiger partial charge in [0.15, 0.2) is 0 Å². The summed E-state index contributed by atoms with van der Waals surface area (Å²) in [4.78, 5) is 29.6. The third kappa shape index (κ3) is 6.45. The molecule has 0 saturated heterocycles. The minimum atomic E-state index is -0.845. The Balaban J connectivity index is 3.69. The van der Waals surface area contributed by atoms with Crippen LogP contribution in [0.3, 0.4) is 0 Å². The van der Waals surface area contributed by atoms with Gasteiger partial charge in [0.05, 0.1) is 0 Å². The summed E-state index contributed by atoms with van der Waals surface area (Å²) in [5, 5.41) is 3.92. The van der Waals surface area contributed by atoms with Gasteiger partial charge < -0.3 is 0 Å². The third-order valence-electron chi connectivity index (χ3n) is 1.51. The summed E-state index contributed by atoms with van der Waals surface area (Å²) < 4.78 is 0. The highest BCUT2D eigenvalue weighted by Gasteiger charge is 2.10. The van der Waals surface area contributed by atoms with Crippen molar-refractivity contribution in [1.82, 2.24) is 0 Å². The fourth-order valence-electron chi connectivity index (χ4n) is 0.667. The third-order valence-corrected chi connectivity index (χ3v) is 1.51. The second-order valence-corrected chi connectivity index (χ2v) is 2.75. The normalized spacial score (nSPS) is 9.13. The number of rotatable bonds is 7. The van der Waals surface area contributed by atoms with Crippen LogP contribution in [0.2, 0.25) is 0 Å². The molecule has 0 bridgehead atoms. The van der Waals surface area contributed by atoms with E-state index in [9.17, 15) is 9.59 Å². The van der Waals surface area contributed by atoms with Gasteiger partial charge in [-0.3, -0.25) is 9.78 Å². The highest BCUT2D eigenvalue weighted by Crippen LogP contribution is 2.06. The van der Waals surface area contributed by atoms with Crippen molar-refractivity contribution in [3.63, 3.8) is 0 Å². The van der Waals surface area contributed by atoms with E-state index in [1.54, 1.807) is 0 Å². The predicted molar refractivity (Wildman–Crippen MR) is 52.1 cm³/mol. The van der Waals surface area contributed by atoms with Gasteiger partial charge in [0.2, 0.25) is 0 Å². The van der Waals surface area contributed by atoms with E-state index in [4.69, 9.17) is 0 Å². The molecular formula is C10H14O5. The molecule has 0 fully saturated rings. The molecule has 0 aromatic rings. The molecule has 0 aromatic carbocycles. The first kappa shape index (κ1) is 13.4. The van der Waals surface area contributed by atoms with E-state index in [2.05, 4.69) is 28.0 Å². The zero-order valence-corrected chi connectivity index (χ0v) is 8.65. The maximum Gasteiger partial charge on any atom is 0.372 e. The maximum absolute atomic E-state index is 11.1. The number of hydrogen-bond donors (Lipinski definition) is 0. The lowest BCUT2D eigenvalue weighted by molar-refractivity contribution is -0.456. The van der Waals surface area contributed by atoms with Crippen LogP contribution in [-0.4, -0.2) is 11.9 Å². The number of carbonyl (C=O) groups is 2. The molecule has 0 spiro atoms. The molecule has 5 nitrogen and oxygen atoms in total. The van der Waals surface area contributed by atoms with Crippen LogP contribution in [0, 0.1) is 0 Å². The molecular weight excluding hydrogens is 200 g/mol. The summed E-state index contributed by atoms with van der Waals surface area (Å²) in [7, 11) is 0. The first-order chi connectivity index (χ1) is 7.11. The van der Waals surface area contributed by atoms with Gasteiger partial charge in [-0.1, -0.05) is 26.5 Å². The van der Waals surface area contributed by atoms with Crippen molar-refractivity contribution in [1.29, 1.82) is 0 Å². The fraction of sp³-hybridized carbons (Fsp3) is 0.400. The second-order valence-electron chi connectivity index (χ2n) is 2.75. The van der Waals surface area contributed by atoms with Crippen molar-refractivity contribution in [3.8, 4) is 0 Å². The van der Waals surface area contributed by atoms with Crippen LogP contribution in [0.25, 0.3) is 0 Å². The highest BCUT2D eigenvalue weighted by atomic mass is 17.5. The summed E-state index contributed by atoms with van der Waals surface area (Å²) in [6.07, 6.45) is 3.17. The summed E-state index contributed by atoms with van der Waals surface area (Å²) in [5.74, 6) is -1.60. The van der Waals surface area contributed by atoms with E-state index in [1.165, 1.54) is 0 Å².